The summed E-state index contributed by atoms with van der Waals surface area (Å²) in [7, 11) is 0. The SMILES string of the molecule is CSC1CCCC(NC(=O)C(C)(C)C(=O)O)C1. The third kappa shape index (κ3) is 3.63. The van der Waals surface area contributed by atoms with Crippen molar-refractivity contribution >= 4 is 23.6 Å². The maximum atomic E-state index is 11.9. The van der Waals surface area contributed by atoms with Crippen LogP contribution in [0.3, 0.4) is 0 Å². The number of aliphatic carboxylic acids is 1. The van der Waals surface area contributed by atoms with E-state index in [0.29, 0.717) is 5.25 Å². The van der Waals surface area contributed by atoms with Gasteiger partial charge in [0.1, 0.15) is 5.41 Å². The van der Waals surface area contributed by atoms with Gasteiger partial charge in [0.05, 0.1) is 0 Å². The minimum atomic E-state index is -1.34. The van der Waals surface area contributed by atoms with Gasteiger partial charge in [-0.05, 0) is 39.4 Å². The zero-order valence-corrected chi connectivity index (χ0v) is 11.5. The van der Waals surface area contributed by atoms with Crippen LogP contribution in [0.2, 0.25) is 0 Å². The van der Waals surface area contributed by atoms with E-state index >= 15 is 0 Å². The van der Waals surface area contributed by atoms with Crippen molar-refractivity contribution in [3.63, 3.8) is 0 Å². The van der Waals surface area contributed by atoms with Gasteiger partial charge in [0.15, 0.2) is 0 Å². The van der Waals surface area contributed by atoms with Crippen molar-refractivity contribution in [3.8, 4) is 0 Å². The molecule has 1 aliphatic carbocycles. The quantitative estimate of drug-likeness (QED) is 0.757. The number of rotatable bonds is 4. The van der Waals surface area contributed by atoms with Gasteiger partial charge in [-0.25, -0.2) is 0 Å². The summed E-state index contributed by atoms with van der Waals surface area (Å²) in [4.78, 5) is 22.8. The lowest BCUT2D eigenvalue weighted by Gasteiger charge is -2.30. The molecule has 5 heteroatoms. The van der Waals surface area contributed by atoms with Gasteiger partial charge in [0, 0.05) is 11.3 Å². The topological polar surface area (TPSA) is 66.4 Å². The van der Waals surface area contributed by atoms with Crippen LogP contribution in [0.25, 0.3) is 0 Å². The minimum Gasteiger partial charge on any atom is -0.480 e. The summed E-state index contributed by atoms with van der Waals surface area (Å²) in [5, 5.41) is 12.4. The highest BCUT2D eigenvalue weighted by atomic mass is 32.2. The van der Waals surface area contributed by atoms with E-state index in [2.05, 4.69) is 11.6 Å². The highest BCUT2D eigenvalue weighted by molar-refractivity contribution is 7.99. The molecule has 0 aromatic heterocycles. The Balaban J connectivity index is 2.54. The van der Waals surface area contributed by atoms with E-state index in [1.165, 1.54) is 20.3 Å². The predicted octanol–water partition coefficient (Wildman–Crippen LogP) is 1.89. The second-order valence-electron chi connectivity index (χ2n) is 5.12. The predicted molar refractivity (Wildman–Crippen MR) is 69.1 cm³/mol. The fraction of sp³-hybridized carbons (Fsp3) is 0.833. The normalized spacial score (nSPS) is 25.4. The molecule has 0 radical (unpaired) electrons. The van der Waals surface area contributed by atoms with Gasteiger partial charge in [-0.3, -0.25) is 9.59 Å². The zero-order chi connectivity index (χ0) is 13.1. The Morgan fingerprint density at radius 1 is 1.35 bits per heavy atom. The molecule has 0 bridgehead atoms. The van der Waals surface area contributed by atoms with E-state index in [1.807, 2.05) is 11.8 Å². The number of carbonyl (C=O) groups is 2. The van der Waals surface area contributed by atoms with Crippen LogP contribution in [-0.4, -0.2) is 34.5 Å². The first-order valence-corrected chi connectivity index (χ1v) is 7.24. The number of amides is 1. The second-order valence-corrected chi connectivity index (χ2v) is 6.26. The van der Waals surface area contributed by atoms with Crippen molar-refractivity contribution in [2.24, 2.45) is 5.41 Å². The number of nitrogens with one attached hydrogen (secondary N) is 1. The average molecular weight is 259 g/mol. The smallest absolute Gasteiger partial charge is 0.318 e. The molecular formula is C12H21NO3S. The van der Waals surface area contributed by atoms with E-state index in [0.717, 1.165) is 19.3 Å². The summed E-state index contributed by atoms with van der Waals surface area (Å²) < 4.78 is 0. The summed E-state index contributed by atoms with van der Waals surface area (Å²) in [6, 6.07) is 0.132. The number of hydrogen-bond donors (Lipinski definition) is 2. The lowest BCUT2D eigenvalue weighted by Crippen LogP contribution is -2.48. The highest BCUT2D eigenvalue weighted by Gasteiger charge is 2.37. The van der Waals surface area contributed by atoms with Crippen LogP contribution in [0.4, 0.5) is 0 Å². The van der Waals surface area contributed by atoms with Gasteiger partial charge in [0.25, 0.3) is 0 Å². The van der Waals surface area contributed by atoms with E-state index in [-0.39, 0.29) is 11.9 Å². The van der Waals surface area contributed by atoms with E-state index in [4.69, 9.17) is 5.11 Å². The van der Waals surface area contributed by atoms with E-state index < -0.39 is 11.4 Å². The monoisotopic (exact) mass is 259 g/mol. The number of carbonyl (C=O) groups excluding carboxylic acids is 1. The Bertz CT molecular complexity index is 304. The van der Waals surface area contributed by atoms with Crippen molar-refractivity contribution in [2.75, 3.05) is 6.26 Å². The summed E-state index contributed by atoms with van der Waals surface area (Å²) in [5.74, 6) is -1.45. The van der Waals surface area contributed by atoms with Crippen LogP contribution in [0, 0.1) is 5.41 Å². The first-order valence-electron chi connectivity index (χ1n) is 5.95. The molecule has 98 valence electrons. The highest BCUT2D eigenvalue weighted by Crippen LogP contribution is 2.27. The average Bonchev–Trinajstić information content (AvgIpc) is 2.29. The van der Waals surface area contributed by atoms with Gasteiger partial charge < -0.3 is 10.4 Å². The molecule has 1 rings (SSSR count). The van der Waals surface area contributed by atoms with Crippen LogP contribution < -0.4 is 5.32 Å². The molecule has 1 amide bonds. The fourth-order valence-electron chi connectivity index (χ4n) is 1.95. The number of carboxylic acids is 1. The standard InChI is InChI=1S/C12H21NO3S/c1-12(2,11(15)16)10(14)13-8-5-4-6-9(7-8)17-3/h8-9H,4-7H2,1-3H3,(H,13,14)(H,15,16). The molecule has 2 unspecified atom stereocenters. The van der Waals surface area contributed by atoms with Crippen LogP contribution in [0.5, 0.6) is 0 Å². The molecule has 0 saturated heterocycles. The third-order valence-electron chi connectivity index (χ3n) is 3.40. The summed E-state index contributed by atoms with van der Waals surface area (Å²) in [6.07, 6.45) is 6.27. The number of carboxylic acid groups (broad SMARTS) is 1. The lowest BCUT2D eigenvalue weighted by molar-refractivity contribution is -0.153. The number of hydrogen-bond acceptors (Lipinski definition) is 3. The van der Waals surface area contributed by atoms with E-state index in [9.17, 15) is 9.59 Å². The molecule has 0 aliphatic heterocycles. The fourth-order valence-corrected chi connectivity index (χ4v) is 2.78. The van der Waals surface area contributed by atoms with Gasteiger partial charge in [0.2, 0.25) is 5.91 Å². The zero-order valence-electron chi connectivity index (χ0n) is 10.7. The Labute approximate surface area is 107 Å². The Hall–Kier alpha value is -0.710. The molecular weight excluding hydrogens is 238 g/mol. The third-order valence-corrected chi connectivity index (χ3v) is 4.49. The Morgan fingerprint density at radius 3 is 2.53 bits per heavy atom. The molecule has 2 N–H and O–H groups in total. The molecule has 1 saturated carbocycles. The summed E-state index contributed by atoms with van der Waals surface area (Å²) in [5.41, 5.74) is -1.34. The van der Waals surface area contributed by atoms with Gasteiger partial charge in [-0.1, -0.05) is 6.42 Å². The van der Waals surface area contributed by atoms with Crippen molar-refractivity contribution in [3.05, 3.63) is 0 Å². The lowest BCUT2D eigenvalue weighted by atomic mass is 9.90. The molecule has 0 heterocycles. The van der Waals surface area contributed by atoms with Gasteiger partial charge in [-0.2, -0.15) is 11.8 Å². The first kappa shape index (κ1) is 14.4. The summed E-state index contributed by atoms with van der Waals surface area (Å²) in [6.45, 7) is 2.89. The van der Waals surface area contributed by atoms with Crippen molar-refractivity contribution in [1.29, 1.82) is 0 Å². The van der Waals surface area contributed by atoms with Crippen molar-refractivity contribution in [1.82, 2.24) is 5.32 Å². The maximum Gasteiger partial charge on any atom is 0.318 e. The van der Waals surface area contributed by atoms with Gasteiger partial charge in [-0.15, -0.1) is 0 Å². The molecule has 17 heavy (non-hydrogen) atoms. The molecule has 2 atom stereocenters. The Kier molecular flexibility index (Phi) is 4.86. The molecule has 1 fully saturated rings. The molecule has 4 nitrogen and oxygen atoms in total. The molecule has 0 aromatic carbocycles. The first-order chi connectivity index (χ1) is 7.87. The maximum absolute atomic E-state index is 11.9. The van der Waals surface area contributed by atoms with Crippen LogP contribution in [-0.2, 0) is 9.59 Å². The molecule has 0 aromatic rings. The van der Waals surface area contributed by atoms with Crippen LogP contribution in [0.1, 0.15) is 39.5 Å². The van der Waals surface area contributed by atoms with Crippen molar-refractivity contribution in [2.45, 2.75) is 50.8 Å². The molecule has 0 spiro atoms. The minimum absolute atomic E-state index is 0.132. The Morgan fingerprint density at radius 2 is 2.00 bits per heavy atom. The van der Waals surface area contributed by atoms with Crippen molar-refractivity contribution < 1.29 is 14.7 Å². The van der Waals surface area contributed by atoms with Crippen LogP contribution in [0.15, 0.2) is 0 Å². The van der Waals surface area contributed by atoms with Gasteiger partial charge >= 0.3 is 5.97 Å². The molecule has 1 aliphatic rings. The second kappa shape index (κ2) is 5.76. The number of thioether (sulfide) groups is 1. The largest absolute Gasteiger partial charge is 0.480 e. The van der Waals surface area contributed by atoms with Crippen LogP contribution >= 0.6 is 11.8 Å². The van der Waals surface area contributed by atoms with E-state index in [1.54, 1.807) is 0 Å². The summed E-state index contributed by atoms with van der Waals surface area (Å²) >= 11 is 1.82.